The van der Waals surface area contributed by atoms with Gasteiger partial charge in [0, 0.05) is 37.2 Å². The Morgan fingerprint density at radius 1 is 1.32 bits per heavy atom. The van der Waals surface area contributed by atoms with Crippen LogP contribution in [0.5, 0.6) is 0 Å². The van der Waals surface area contributed by atoms with Gasteiger partial charge < -0.3 is 16.0 Å². The van der Waals surface area contributed by atoms with E-state index in [4.69, 9.17) is 5.73 Å². The van der Waals surface area contributed by atoms with Crippen LogP contribution in [0.25, 0.3) is 0 Å². The molecule has 122 valence electrons. The van der Waals surface area contributed by atoms with Crippen molar-refractivity contribution >= 4 is 29.9 Å². The largest absolute Gasteiger partial charge is 0.352 e. The van der Waals surface area contributed by atoms with E-state index in [0.717, 1.165) is 24.2 Å². The van der Waals surface area contributed by atoms with Crippen LogP contribution in [0.2, 0.25) is 0 Å². The Kier molecular flexibility index (Phi) is 6.84. The SMILES string of the molecule is CC(N)C(C)C(=O)NCc1ccc(N2CCCC2=O)cc1.Cl. The third-order valence-corrected chi connectivity index (χ3v) is 3.99. The fraction of sp³-hybridized carbons (Fsp3) is 0.500. The standard InChI is InChI=1S/C16H23N3O2.ClH/c1-11(12(2)17)16(21)18-10-13-5-7-14(8-6-13)19-9-3-4-15(19)20;/h5-8,11-12H,3-4,9-10,17H2,1-2H3,(H,18,21);1H. The van der Waals surface area contributed by atoms with Crippen molar-refractivity contribution in [1.82, 2.24) is 5.32 Å². The summed E-state index contributed by atoms with van der Waals surface area (Å²) in [5.41, 5.74) is 7.65. The Bertz CT molecular complexity index is 517. The summed E-state index contributed by atoms with van der Waals surface area (Å²) in [6, 6.07) is 7.59. The molecule has 0 spiro atoms. The highest BCUT2D eigenvalue weighted by Gasteiger charge is 2.21. The summed E-state index contributed by atoms with van der Waals surface area (Å²) in [4.78, 5) is 25.3. The van der Waals surface area contributed by atoms with Crippen molar-refractivity contribution in [2.45, 2.75) is 39.3 Å². The second-order valence-electron chi connectivity index (χ2n) is 5.68. The zero-order valence-electron chi connectivity index (χ0n) is 13.0. The molecule has 1 aliphatic rings. The lowest BCUT2D eigenvalue weighted by Gasteiger charge is -2.17. The number of carbonyl (C=O) groups excluding carboxylic acids is 2. The zero-order chi connectivity index (χ0) is 15.4. The molecule has 2 rings (SSSR count). The van der Waals surface area contributed by atoms with Gasteiger partial charge in [0.25, 0.3) is 0 Å². The molecule has 5 nitrogen and oxygen atoms in total. The van der Waals surface area contributed by atoms with E-state index in [1.165, 1.54) is 0 Å². The Balaban J connectivity index is 0.00000242. The maximum absolute atomic E-state index is 11.8. The molecule has 0 radical (unpaired) electrons. The minimum Gasteiger partial charge on any atom is -0.352 e. The number of nitrogens with two attached hydrogens (primary N) is 1. The molecule has 1 heterocycles. The molecule has 1 fully saturated rings. The van der Waals surface area contributed by atoms with Crippen LogP contribution in [-0.2, 0) is 16.1 Å². The molecule has 1 aromatic carbocycles. The summed E-state index contributed by atoms with van der Waals surface area (Å²) in [5, 5.41) is 2.88. The lowest BCUT2D eigenvalue weighted by molar-refractivity contribution is -0.125. The molecule has 2 unspecified atom stereocenters. The quantitative estimate of drug-likeness (QED) is 0.867. The molecule has 2 atom stereocenters. The van der Waals surface area contributed by atoms with Gasteiger partial charge in [-0.3, -0.25) is 9.59 Å². The van der Waals surface area contributed by atoms with Gasteiger partial charge >= 0.3 is 0 Å². The Hall–Kier alpha value is -1.59. The molecule has 0 aromatic heterocycles. The van der Waals surface area contributed by atoms with E-state index in [9.17, 15) is 9.59 Å². The summed E-state index contributed by atoms with van der Waals surface area (Å²) in [6.07, 6.45) is 1.55. The number of nitrogens with zero attached hydrogens (tertiary/aromatic N) is 1. The first-order chi connectivity index (χ1) is 9.99. The summed E-state index contributed by atoms with van der Waals surface area (Å²) >= 11 is 0. The minimum absolute atomic E-state index is 0. The number of anilines is 1. The predicted octanol–water partition coefficient (Wildman–Crippen LogP) is 1.83. The topological polar surface area (TPSA) is 75.4 Å². The fourth-order valence-electron chi connectivity index (χ4n) is 2.30. The van der Waals surface area contributed by atoms with Crippen LogP contribution in [-0.4, -0.2) is 24.4 Å². The molecule has 2 amide bonds. The van der Waals surface area contributed by atoms with Gasteiger partial charge in [0.15, 0.2) is 0 Å². The fourth-order valence-corrected chi connectivity index (χ4v) is 2.30. The number of carbonyl (C=O) groups is 2. The van der Waals surface area contributed by atoms with Crippen LogP contribution in [0.1, 0.15) is 32.3 Å². The highest BCUT2D eigenvalue weighted by molar-refractivity contribution is 5.95. The number of amides is 2. The third-order valence-electron chi connectivity index (χ3n) is 3.99. The van der Waals surface area contributed by atoms with Gasteiger partial charge in [-0.1, -0.05) is 19.1 Å². The molecular formula is C16H24ClN3O2. The molecule has 0 aliphatic carbocycles. The van der Waals surface area contributed by atoms with E-state index in [2.05, 4.69) is 5.32 Å². The number of hydrogen-bond donors (Lipinski definition) is 2. The second kappa shape index (κ2) is 8.15. The molecule has 1 aliphatic heterocycles. The molecule has 0 saturated carbocycles. The average Bonchev–Trinajstić information content (AvgIpc) is 2.90. The first kappa shape index (κ1) is 18.5. The first-order valence-electron chi connectivity index (χ1n) is 7.41. The lowest BCUT2D eigenvalue weighted by atomic mass is 10.0. The Morgan fingerprint density at radius 3 is 2.45 bits per heavy atom. The first-order valence-corrected chi connectivity index (χ1v) is 7.41. The van der Waals surface area contributed by atoms with E-state index in [1.54, 1.807) is 4.90 Å². The molecule has 1 aromatic rings. The third kappa shape index (κ3) is 4.45. The smallest absolute Gasteiger partial charge is 0.227 e. The molecule has 22 heavy (non-hydrogen) atoms. The van der Waals surface area contributed by atoms with Crippen molar-refractivity contribution in [2.75, 3.05) is 11.4 Å². The van der Waals surface area contributed by atoms with E-state index in [-0.39, 0.29) is 36.2 Å². The average molecular weight is 326 g/mol. The highest BCUT2D eigenvalue weighted by Crippen LogP contribution is 2.21. The van der Waals surface area contributed by atoms with Crippen molar-refractivity contribution in [1.29, 1.82) is 0 Å². The van der Waals surface area contributed by atoms with Crippen molar-refractivity contribution in [3.05, 3.63) is 29.8 Å². The molecule has 6 heteroatoms. The van der Waals surface area contributed by atoms with Gasteiger partial charge in [-0.15, -0.1) is 12.4 Å². The number of rotatable bonds is 5. The number of hydrogen-bond acceptors (Lipinski definition) is 3. The van der Waals surface area contributed by atoms with E-state index in [1.807, 2.05) is 38.1 Å². The number of nitrogens with one attached hydrogen (secondary N) is 1. The molecule has 0 bridgehead atoms. The van der Waals surface area contributed by atoms with Crippen LogP contribution in [0.3, 0.4) is 0 Å². The van der Waals surface area contributed by atoms with Gasteiger partial charge in [-0.05, 0) is 31.0 Å². The van der Waals surface area contributed by atoms with Crippen LogP contribution in [0.15, 0.2) is 24.3 Å². The molecular weight excluding hydrogens is 302 g/mol. The van der Waals surface area contributed by atoms with Crippen LogP contribution < -0.4 is 16.0 Å². The Morgan fingerprint density at radius 2 is 1.95 bits per heavy atom. The van der Waals surface area contributed by atoms with E-state index < -0.39 is 0 Å². The maximum atomic E-state index is 11.8. The normalized spacial score (nSPS) is 16.9. The van der Waals surface area contributed by atoms with Gasteiger partial charge in [0.05, 0.1) is 0 Å². The molecule has 1 saturated heterocycles. The van der Waals surface area contributed by atoms with Gasteiger partial charge in [0.2, 0.25) is 11.8 Å². The maximum Gasteiger partial charge on any atom is 0.227 e. The summed E-state index contributed by atoms with van der Waals surface area (Å²) in [7, 11) is 0. The highest BCUT2D eigenvalue weighted by atomic mass is 35.5. The van der Waals surface area contributed by atoms with Crippen molar-refractivity contribution < 1.29 is 9.59 Å². The molecule has 3 N–H and O–H groups in total. The zero-order valence-corrected chi connectivity index (χ0v) is 13.9. The summed E-state index contributed by atoms with van der Waals surface area (Å²) in [6.45, 7) is 4.92. The van der Waals surface area contributed by atoms with Crippen molar-refractivity contribution in [3.8, 4) is 0 Å². The van der Waals surface area contributed by atoms with E-state index in [0.29, 0.717) is 13.0 Å². The van der Waals surface area contributed by atoms with Crippen LogP contribution >= 0.6 is 12.4 Å². The monoisotopic (exact) mass is 325 g/mol. The number of halogens is 1. The minimum atomic E-state index is -0.202. The van der Waals surface area contributed by atoms with Crippen molar-refractivity contribution in [2.24, 2.45) is 11.7 Å². The number of benzene rings is 1. The van der Waals surface area contributed by atoms with Crippen molar-refractivity contribution in [3.63, 3.8) is 0 Å². The summed E-state index contributed by atoms with van der Waals surface area (Å²) < 4.78 is 0. The Labute approximate surface area is 137 Å². The van der Waals surface area contributed by atoms with Crippen LogP contribution in [0, 0.1) is 5.92 Å². The predicted molar refractivity (Wildman–Crippen MR) is 89.9 cm³/mol. The lowest BCUT2D eigenvalue weighted by Crippen LogP contribution is -2.38. The van der Waals surface area contributed by atoms with Gasteiger partial charge in [-0.25, -0.2) is 0 Å². The van der Waals surface area contributed by atoms with Crippen LogP contribution in [0.4, 0.5) is 5.69 Å². The van der Waals surface area contributed by atoms with Gasteiger partial charge in [0.1, 0.15) is 0 Å². The summed E-state index contributed by atoms with van der Waals surface area (Å²) in [5.74, 6) is -0.0582. The van der Waals surface area contributed by atoms with E-state index >= 15 is 0 Å². The second-order valence-corrected chi connectivity index (χ2v) is 5.68. The van der Waals surface area contributed by atoms with Gasteiger partial charge in [-0.2, -0.15) is 0 Å².